The number of rotatable bonds is 8. The predicted molar refractivity (Wildman–Crippen MR) is 87.9 cm³/mol. The fraction of sp³-hybridized carbons (Fsp3) is 0.444. The first-order chi connectivity index (χ1) is 10.3. The fourth-order valence-electron chi connectivity index (χ4n) is 2.45. The van der Waals surface area contributed by atoms with Gasteiger partial charge in [0, 0.05) is 31.7 Å². The van der Waals surface area contributed by atoms with Crippen molar-refractivity contribution in [3.05, 3.63) is 42.0 Å². The Balaban J connectivity index is 2.27. The molecule has 0 aliphatic heterocycles. The van der Waals surface area contributed by atoms with Crippen LogP contribution in [0.2, 0.25) is 0 Å². The number of fused-ring (bicyclic) bond motifs is 1. The summed E-state index contributed by atoms with van der Waals surface area (Å²) >= 11 is 0. The zero-order valence-corrected chi connectivity index (χ0v) is 13.0. The molecule has 0 fully saturated rings. The molecule has 2 N–H and O–H groups in total. The van der Waals surface area contributed by atoms with Gasteiger partial charge in [-0.1, -0.05) is 37.3 Å². The minimum absolute atomic E-state index is 0.164. The Hall–Kier alpha value is -1.58. The minimum Gasteiger partial charge on any atom is -0.493 e. The molecule has 0 saturated carbocycles. The molecule has 114 valence electrons. The minimum atomic E-state index is 0.164. The number of nitrogens with two attached hydrogens (primary N) is 1. The Kier molecular flexibility index (Phi) is 6.03. The third-order valence-corrected chi connectivity index (χ3v) is 3.74. The standard InChI is InChI=1S/C18H25NO2/c1-3-15(19)13-17-16-8-5-4-7-14(16)9-10-18(17)21-12-6-11-20-2/h4-5,7-10,15H,3,6,11-13,19H2,1-2H3. The fourth-order valence-corrected chi connectivity index (χ4v) is 2.45. The molecule has 0 amide bonds. The Bertz CT molecular complexity index is 568. The molecule has 2 rings (SSSR count). The molecular weight excluding hydrogens is 262 g/mol. The van der Waals surface area contributed by atoms with Gasteiger partial charge in [-0.05, 0) is 29.7 Å². The molecule has 1 unspecified atom stereocenters. The average molecular weight is 287 g/mol. The van der Waals surface area contributed by atoms with Crippen LogP contribution in [0.4, 0.5) is 0 Å². The van der Waals surface area contributed by atoms with E-state index in [1.807, 2.05) is 0 Å². The molecule has 3 heteroatoms. The van der Waals surface area contributed by atoms with Crippen molar-refractivity contribution in [1.82, 2.24) is 0 Å². The van der Waals surface area contributed by atoms with Crippen LogP contribution >= 0.6 is 0 Å². The summed E-state index contributed by atoms with van der Waals surface area (Å²) in [5.41, 5.74) is 7.39. The van der Waals surface area contributed by atoms with Crippen LogP contribution < -0.4 is 10.5 Å². The van der Waals surface area contributed by atoms with Gasteiger partial charge in [-0.3, -0.25) is 0 Å². The Morgan fingerprint density at radius 2 is 1.90 bits per heavy atom. The van der Waals surface area contributed by atoms with Gasteiger partial charge in [0.05, 0.1) is 6.61 Å². The Morgan fingerprint density at radius 1 is 1.10 bits per heavy atom. The van der Waals surface area contributed by atoms with Crippen LogP contribution in [0.25, 0.3) is 10.8 Å². The molecule has 2 aromatic carbocycles. The monoisotopic (exact) mass is 287 g/mol. The first-order valence-corrected chi connectivity index (χ1v) is 7.64. The summed E-state index contributed by atoms with van der Waals surface area (Å²) in [4.78, 5) is 0. The zero-order chi connectivity index (χ0) is 15.1. The molecule has 3 nitrogen and oxygen atoms in total. The Morgan fingerprint density at radius 3 is 2.67 bits per heavy atom. The highest BCUT2D eigenvalue weighted by molar-refractivity contribution is 5.87. The number of hydrogen-bond donors (Lipinski definition) is 1. The van der Waals surface area contributed by atoms with E-state index in [2.05, 4.69) is 43.3 Å². The highest BCUT2D eigenvalue weighted by Gasteiger charge is 2.12. The highest BCUT2D eigenvalue weighted by atomic mass is 16.5. The second-order valence-corrected chi connectivity index (χ2v) is 5.33. The maximum atomic E-state index is 6.17. The molecule has 0 aliphatic rings. The van der Waals surface area contributed by atoms with Gasteiger partial charge >= 0.3 is 0 Å². The van der Waals surface area contributed by atoms with Crippen molar-refractivity contribution in [2.75, 3.05) is 20.3 Å². The molecule has 0 bridgehead atoms. The van der Waals surface area contributed by atoms with Gasteiger partial charge in [-0.2, -0.15) is 0 Å². The van der Waals surface area contributed by atoms with Crippen molar-refractivity contribution in [3.63, 3.8) is 0 Å². The molecule has 0 aromatic heterocycles. The Labute approximate surface area is 127 Å². The van der Waals surface area contributed by atoms with Crippen LogP contribution in [0.3, 0.4) is 0 Å². The summed E-state index contributed by atoms with van der Waals surface area (Å²) < 4.78 is 11.0. The highest BCUT2D eigenvalue weighted by Crippen LogP contribution is 2.29. The van der Waals surface area contributed by atoms with E-state index in [1.54, 1.807) is 7.11 Å². The van der Waals surface area contributed by atoms with E-state index in [-0.39, 0.29) is 6.04 Å². The topological polar surface area (TPSA) is 44.5 Å². The lowest BCUT2D eigenvalue weighted by Gasteiger charge is -2.17. The average Bonchev–Trinajstić information content (AvgIpc) is 2.53. The van der Waals surface area contributed by atoms with E-state index in [1.165, 1.54) is 16.3 Å². The SMILES string of the molecule is CCC(N)Cc1c(OCCCOC)ccc2ccccc12. The van der Waals surface area contributed by atoms with E-state index in [0.29, 0.717) is 6.61 Å². The molecule has 0 radical (unpaired) electrons. The number of methoxy groups -OCH3 is 1. The number of benzene rings is 2. The van der Waals surface area contributed by atoms with Crippen molar-refractivity contribution in [1.29, 1.82) is 0 Å². The second kappa shape index (κ2) is 8.01. The first-order valence-electron chi connectivity index (χ1n) is 7.64. The van der Waals surface area contributed by atoms with Gasteiger partial charge in [-0.15, -0.1) is 0 Å². The van der Waals surface area contributed by atoms with Crippen LogP contribution in [0.1, 0.15) is 25.3 Å². The zero-order valence-electron chi connectivity index (χ0n) is 13.0. The number of hydrogen-bond acceptors (Lipinski definition) is 3. The van der Waals surface area contributed by atoms with E-state index in [9.17, 15) is 0 Å². The summed E-state index contributed by atoms with van der Waals surface area (Å²) in [5.74, 6) is 0.953. The van der Waals surface area contributed by atoms with E-state index in [4.69, 9.17) is 15.2 Å². The van der Waals surface area contributed by atoms with E-state index < -0.39 is 0 Å². The summed E-state index contributed by atoms with van der Waals surface area (Å²) in [7, 11) is 1.71. The van der Waals surface area contributed by atoms with E-state index in [0.717, 1.165) is 31.6 Å². The summed E-state index contributed by atoms with van der Waals surface area (Å²) in [6.45, 7) is 3.51. The van der Waals surface area contributed by atoms with Gasteiger partial charge < -0.3 is 15.2 Å². The first kappa shape index (κ1) is 15.8. The van der Waals surface area contributed by atoms with Crippen LogP contribution in [0.5, 0.6) is 5.75 Å². The molecule has 2 aromatic rings. The lowest BCUT2D eigenvalue weighted by molar-refractivity contribution is 0.172. The largest absolute Gasteiger partial charge is 0.493 e. The maximum absolute atomic E-state index is 6.17. The molecular formula is C18H25NO2. The second-order valence-electron chi connectivity index (χ2n) is 5.33. The normalized spacial score (nSPS) is 12.5. The van der Waals surface area contributed by atoms with E-state index >= 15 is 0 Å². The van der Waals surface area contributed by atoms with Gasteiger partial charge in [0.2, 0.25) is 0 Å². The lowest BCUT2D eigenvalue weighted by atomic mass is 9.97. The summed E-state index contributed by atoms with van der Waals surface area (Å²) in [6.07, 6.45) is 2.70. The van der Waals surface area contributed by atoms with Crippen molar-refractivity contribution < 1.29 is 9.47 Å². The smallest absolute Gasteiger partial charge is 0.123 e. The summed E-state index contributed by atoms with van der Waals surface area (Å²) in [6, 6.07) is 12.7. The molecule has 21 heavy (non-hydrogen) atoms. The van der Waals surface area contributed by atoms with Gasteiger partial charge in [-0.25, -0.2) is 0 Å². The van der Waals surface area contributed by atoms with Crippen LogP contribution in [-0.2, 0) is 11.2 Å². The number of ether oxygens (including phenoxy) is 2. The van der Waals surface area contributed by atoms with Gasteiger partial charge in [0.15, 0.2) is 0 Å². The molecule has 0 heterocycles. The van der Waals surface area contributed by atoms with Crippen molar-refractivity contribution in [2.24, 2.45) is 5.73 Å². The van der Waals surface area contributed by atoms with Crippen LogP contribution in [-0.4, -0.2) is 26.4 Å². The molecule has 0 aliphatic carbocycles. The van der Waals surface area contributed by atoms with Crippen LogP contribution in [0, 0.1) is 0 Å². The van der Waals surface area contributed by atoms with Gasteiger partial charge in [0.1, 0.15) is 5.75 Å². The summed E-state index contributed by atoms with van der Waals surface area (Å²) in [5, 5.41) is 2.48. The maximum Gasteiger partial charge on any atom is 0.123 e. The van der Waals surface area contributed by atoms with Gasteiger partial charge in [0.25, 0.3) is 0 Å². The van der Waals surface area contributed by atoms with Crippen molar-refractivity contribution in [3.8, 4) is 5.75 Å². The lowest BCUT2D eigenvalue weighted by Crippen LogP contribution is -2.22. The quantitative estimate of drug-likeness (QED) is 0.755. The predicted octanol–water partition coefficient (Wildman–Crippen LogP) is 3.53. The third-order valence-electron chi connectivity index (χ3n) is 3.74. The molecule has 0 spiro atoms. The van der Waals surface area contributed by atoms with Crippen molar-refractivity contribution in [2.45, 2.75) is 32.2 Å². The molecule has 1 atom stereocenters. The van der Waals surface area contributed by atoms with Crippen LogP contribution in [0.15, 0.2) is 36.4 Å². The third kappa shape index (κ3) is 4.19. The molecule has 0 saturated heterocycles. The van der Waals surface area contributed by atoms with Crippen molar-refractivity contribution >= 4 is 10.8 Å².